The number of hydrogen-bond acceptors (Lipinski definition) is 5. The van der Waals surface area contributed by atoms with E-state index in [9.17, 15) is 14.4 Å². The Balaban J connectivity index is 1.51. The molecule has 0 fully saturated rings. The van der Waals surface area contributed by atoms with Gasteiger partial charge in [0.05, 0.1) is 32.2 Å². The standard InChI is InChI=1S/C21H17Cl2N3O4/c1-11(19(27)25-15-5-2-4-14(22)18(15)23)30-21(29)12-7-8-13-16(10-12)24-17-6-3-9-26(17)20(13)28/h2,4-5,7-8,10-11H,3,6,9H2,1H3,(H,25,27)/t11-/m0/s1. The predicted octanol–water partition coefficient (Wildman–Crippen LogP) is 3.83. The molecule has 1 aliphatic rings. The van der Waals surface area contributed by atoms with Crippen molar-refractivity contribution in [2.75, 3.05) is 5.32 Å². The lowest BCUT2D eigenvalue weighted by atomic mass is 10.1. The van der Waals surface area contributed by atoms with Crippen molar-refractivity contribution < 1.29 is 14.3 Å². The monoisotopic (exact) mass is 445 g/mol. The number of nitrogens with zero attached hydrogens (tertiary/aromatic N) is 2. The summed E-state index contributed by atoms with van der Waals surface area (Å²) in [7, 11) is 0. The van der Waals surface area contributed by atoms with Crippen LogP contribution in [-0.2, 0) is 22.5 Å². The number of rotatable bonds is 4. The average Bonchev–Trinajstić information content (AvgIpc) is 3.19. The zero-order chi connectivity index (χ0) is 21.4. The summed E-state index contributed by atoms with van der Waals surface area (Å²) in [6.07, 6.45) is 0.515. The molecule has 7 nitrogen and oxygen atoms in total. The molecule has 2 heterocycles. The molecule has 30 heavy (non-hydrogen) atoms. The molecule has 0 unspecified atom stereocenters. The Bertz CT molecular complexity index is 1240. The first kappa shape index (κ1) is 20.4. The Morgan fingerprint density at radius 3 is 2.83 bits per heavy atom. The molecule has 9 heteroatoms. The lowest BCUT2D eigenvalue weighted by molar-refractivity contribution is -0.123. The van der Waals surface area contributed by atoms with E-state index in [1.807, 2.05) is 0 Å². The van der Waals surface area contributed by atoms with Gasteiger partial charge in [0.25, 0.3) is 11.5 Å². The molecular formula is C21H17Cl2N3O4. The zero-order valence-electron chi connectivity index (χ0n) is 15.9. The van der Waals surface area contributed by atoms with Crippen molar-refractivity contribution in [2.45, 2.75) is 32.4 Å². The van der Waals surface area contributed by atoms with Crippen LogP contribution in [0.5, 0.6) is 0 Å². The number of anilines is 1. The van der Waals surface area contributed by atoms with Crippen LogP contribution in [0.3, 0.4) is 0 Å². The van der Waals surface area contributed by atoms with E-state index in [0.717, 1.165) is 12.8 Å². The number of benzene rings is 2. The molecule has 154 valence electrons. The third kappa shape index (κ3) is 3.78. The summed E-state index contributed by atoms with van der Waals surface area (Å²) < 4.78 is 6.93. The van der Waals surface area contributed by atoms with Crippen LogP contribution in [0.2, 0.25) is 10.0 Å². The summed E-state index contributed by atoms with van der Waals surface area (Å²) in [5.41, 5.74) is 0.850. The second-order valence-corrected chi connectivity index (χ2v) is 7.74. The molecule has 0 spiro atoms. The van der Waals surface area contributed by atoms with Crippen LogP contribution in [0.15, 0.2) is 41.2 Å². The average molecular weight is 446 g/mol. The first-order valence-electron chi connectivity index (χ1n) is 9.34. The molecule has 1 amide bonds. The van der Waals surface area contributed by atoms with Gasteiger partial charge in [-0.05, 0) is 43.7 Å². The van der Waals surface area contributed by atoms with E-state index in [2.05, 4.69) is 10.3 Å². The lowest BCUT2D eigenvalue weighted by Crippen LogP contribution is -2.30. The van der Waals surface area contributed by atoms with Crippen LogP contribution in [0, 0.1) is 0 Å². The van der Waals surface area contributed by atoms with Crippen molar-refractivity contribution in [3.8, 4) is 0 Å². The van der Waals surface area contributed by atoms with Crippen molar-refractivity contribution in [1.82, 2.24) is 9.55 Å². The number of hydrogen-bond donors (Lipinski definition) is 1. The number of ether oxygens (including phenoxy) is 1. The van der Waals surface area contributed by atoms with Crippen LogP contribution < -0.4 is 10.9 Å². The van der Waals surface area contributed by atoms with Gasteiger partial charge in [-0.3, -0.25) is 14.2 Å². The van der Waals surface area contributed by atoms with E-state index < -0.39 is 18.0 Å². The van der Waals surface area contributed by atoms with Crippen LogP contribution in [-0.4, -0.2) is 27.5 Å². The Labute approximate surface area is 181 Å². The Hall–Kier alpha value is -2.90. The topological polar surface area (TPSA) is 90.3 Å². The predicted molar refractivity (Wildman–Crippen MR) is 114 cm³/mol. The minimum atomic E-state index is -1.08. The highest BCUT2D eigenvalue weighted by molar-refractivity contribution is 6.44. The summed E-state index contributed by atoms with van der Waals surface area (Å²) in [6, 6.07) is 9.39. The third-order valence-corrected chi connectivity index (χ3v) is 5.73. The van der Waals surface area contributed by atoms with Crippen LogP contribution in [0.1, 0.15) is 29.5 Å². The molecule has 4 rings (SSSR count). The molecule has 0 radical (unpaired) electrons. The highest BCUT2D eigenvalue weighted by atomic mass is 35.5. The molecule has 0 saturated heterocycles. The second-order valence-electron chi connectivity index (χ2n) is 6.96. The normalized spacial score (nSPS) is 13.7. The summed E-state index contributed by atoms with van der Waals surface area (Å²) in [5.74, 6) is -0.536. The van der Waals surface area contributed by atoms with E-state index in [1.54, 1.807) is 28.8 Å². The lowest BCUT2D eigenvalue weighted by Gasteiger charge is -2.15. The van der Waals surface area contributed by atoms with Crippen molar-refractivity contribution in [3.05, 3.63) is 68.2 Å². The smallest absolute Gasteiger partial charge is 0.338 e. The van der Waals surface area contributed by atoms with Gasteiger partial charge in [0.15, 0.2) is 6.10 Å². The fraction of sp³-hybridized carbons (Fsp3) is 0.238. The fourth-order valence-corrected chi connectivity index (χ4v) is 3.68. The van der Waals surface area contributed by atoms with Gasteiger partial charge in [0.2, 0.25) is 0 Å². The minimum Gasteiger partial charge on any atom is -0.449 e. The van der Waals surface area contributed by atoms with E-state index in [0.29, 0.717) is 34.0 Å². The van der Waals surface area contributed by atoms with Crippen molar-refractivity contribution in [3.63, 3.8) is 0 Å². The first-order valence-corrected chi connectivity index (χ1v) is 10.1. The maximum Gasteiger partial charge on any atom is 0.338 e. The van der Waals surface area contributed by atoms with Gasteiger partial charge in [0.1, 0.15) is 5.82 Å². The van der Waals surface area contributed by atoms with E-state index in [-0.39, 0.29) is 16.1 Å². The van der Waals surface area contributed by atoms with Crippen molar-refractivity contribution in [1.29, 1.82) is 0 Å². The van der Waals surface area contributed by atoms with Gasteiger partial charge in [-0.15, -0.1) is 0 Å². The molecular weight excluding hydrogens is 429 g/mol. The largest absolute Gasteiger partial charge is 0.449 e. The maximum absolute atomic E-state index is 12.5. The van der Waals surface area contributed by atoms with Gasteiger partial charge in [-0.25, -0.2) is 9.78 Å². The zero-order valence-corrected chi connectivity index (χ0v) is 17.5. The minimum absolute atomic E-state index is 0.112. The number of aromatic nitrogens is 2. The summed E-state index contributed by atoms with van der Waals surface area (Å²) in [6.45, 7) is 2.11. The third-order valence-electron chi connectivity index (χ3n) is 4.91. The Kier molecular flexibility index (Phi) is 5.49. The SMILES string of the molecule is C[C@H](OC(=O)c1ccc2c(=O)n3c(nc2c1)CCC3)C(=O)Nc1cccc(Cl)c1Cl. The number of carbonyl (C=O) groups excluding carboxylic acids is 2. The van der Waals surface area contributed by atoms with Gasteiger partial charge in [0, 0.05) is 13.0 Å². The van der Waals surface area contributed by atoms with E-state index in [1.165, 1.54) is 19.1 Å². The molecule has 1 atom stereocenters. The Morgan fingerprint density at radius 2 is 2.03 bits per heavy atom. The highest BCUT2D eigenvalue weighted by Crippen LogP contribution is 2.29. The summed E-state index contributed by atoms with van der Waals surface area (Å²) >= 11 is 12.0. The van der Waals surface area contributed by atoms with E-state index >= 15 is 0 Å². The number of nitrogens with one attached hydrogen (secondary N) is 1. The second kappa shape index (κ2) is 8.08. The molecule has 0 saturated carbocycles. The molecule has 1 aliphatic heterocycles. The molecule has 0 bridgehead atoms. The number of carbonyl (C=O) groups is 2. The number of fused-ring (bicyclic) bond motifs is 2. The van der Waals surface area contributed by atoms with Gasteiger partial charge < -0.3 is 10.1 Å². The number of esters is 1. The quantitative estimate of drug-likeness (QED) is 0.616. The maximum atomic E-state index is 12.5. The van der Waals surface area contributed by atoms with E-state index in [4.69, 9.17) is 27.9 Å². The van der Waals surface area contributed by atoms with Crippen LogP contribution >= 0.6 is 23.2 Å². The van der Waals surface area contributed by atoms with Gasteiger partial charge >= 0.3 is 5.97 Å². The molecule has 0 aliphatic carbocycles. The van der Waals surface area contributed by atoms with Crippen LogP contribution in [0.25, 0.3) is 10.9 Å². The molecule has 1 N–H and O–H groups in total. The Morgan fingerprint density at radius 1 is 1.23 bits per heavy atom. The van der Waals surface area contributed by atoms with Crippen LogP contribution in [0.4, 0.5) is 5.69 Å². The van der Waals surface area contributed by atoms with Crippen molar-refractivity contribution >= 4 is 51.7 Å². The molecule has 1 aromatic heterocycles. The highest BCUT2D eigenvalue weighted by Gasteiger charge is 2.22. The molecule has 2 aromatic carbocycles. The summed E-state index contributed by atoms with van der Waals surface area (Å²) in [4.78, 5) is 41.9. The van der Waals surface area contributed by atoms with Crippen molar-refractivity contribution in [2.24, 2.45) is 0 Å². The summed E-state index contributed by atoms with van der Waals surface area (Å²) in [5, 5.41) is 3.52. The van der Waals surface area contributed by atoms with Gasteiger partial charge in [-0.2, -0.15) is 0 Å². The number of amides is 1. The molecule has 3 aromatic rings. The van der Waals surface area contributed by atoms with Gasteiger partial charge in [-0.1, -0.05) is 29.3 Å². The first-order chi connectivity index (χ1) is 14.3. The number of halogens is 2. The fourth-order valence-electron chi connectivity index (χ4n) is 3.33. The number of aryl methyl sites for hydroxylation is 1.